The van der Waals surface area contributed by atoms with Crippen LogP contribution in [-0.2, 0) is 9.53 Å². The number of carbonyl (C=O) groups is 1. The summed E-state index contributed by atoms with van der Waals surface area (Å²) in [6.45, 7) is 2.25. The summed E-state index contributed by atoms with van der Waals surface area (Å²) in [6, 6.07) is 0. The molecule has 1 fully saturated rings. The standard InChI is InChI=1S/C13H18O2/c1-10-6-5-9-13(10)8-4-3-7-11(13)12(14)15-2/h3-4,7,10H,5-6,8-9H2,1-2H3. The van der Waals surface area contributed by atoms with E-state index in [1.165, 1.54) is 20.0 Å². The van der Waals surface area contributed by atoms with Gasteiger partial charge in [-0.3, -0.25) is 0 Å². The highest BCUT2D eigenvalue weighted by Crippen LogP contribution is 2.52. The molecule has 1 saturated carbocycles. The second-order valence-electron chi connectivity index (χ2n) is 4.65. The number of rotatable bonds is 1. The Kier molecular flexibility index (Phi) is 2.68. The number of methoxy groups -OCH3 is 1. The van der Waals surface area contributed by atoms with Gasteiger partial charge in [0.2, 0.25) is 0 Å². The summed E-state index contributed by atoms with van der Waals surface area (Å²) < 4.78 is 4.88. The number of carbonyl (C=O) groups excluding carboxylic acids is 1. The van der Waals surface area contributed by atoms with E-state index in [0.717, 1.165) is 18.4 Å². The van der Waals surface area contributed by atoms with E-state index in [-0.39, 0.29) is 11.4 Å². The fraction of sp³-hybridized carbons (Fsp3) is 0.615. The lowest BCUT2D eigenvalue weighted by molar-refractivity contribution is -0.137. The highest BCUT2D eigenvalue weighted by Gasteiger charge is 2.45. The van der Waals surface area contributed by atoms with E-state index in [4.69, 9.17) is 4.74 Å². The van der Waals surface area contributed by atoms with E-state index in [0.29, 0.717) is 5.92 Å². The predicted octanol–water partition coefficient (Wildman–Crippen LogP) is 2.85. The van der Waals surface area contributed by atoms with Gasteiger partial charge in [0.1, 0.15) is 0 Å². The molecule has 0 aliphatic heterocycles. The second kappa shape index (κ2) is 3.84. The maximum atomic E-state index is 11.7. The van der Waals surface area contributed by atoms with E-state index in [1.54, 1.807) is 0 Å². The highest BCUT2D eigenvalue weighted by molar-refractivity contribution is 5.90. The summed E-state index contributed by atoms with van der Waals surface area (Å²) >= 11 is 0. The molecule has 0 heterocycles. The lowest BCUT2D eigenvalue weighted by atomic mass is 9.68. The average molecular weight is 206 g/mol. The first-order valence-corrected chi connectivity index (χ1v) is 5.66. The zero-order chi connectivity index (χ0) is 10.9. The molecule has 0 bridgehead atoms. The number of hydrogen-bond donors (Lipinski definition) is 0. The van der Waals surface area contributed by atoms with Gasteiger partial charge in [0.05, 0.1) is 7.11 Å². The van der Waals surface area contributed by atoms with E-state index >= 15 is 0 Å². The normalized spacial score (nSPS) is 34.3. The maximum absolute atomic E-state index is 11.7. The van der Waals surface area contributed by atoms with Crippen molar-refractivity contribution < 1.29 is 9.53 Å². The van der Waals surface area contributed by atoms with Crippen molar-refractivity contribution in [3.05, 3.63) is 23.8 Å². The molecule has 0 amide bonds. The molecule has 0 aromatic carbocycles. The number of ether oxygens (including phenoxy) is 1. The van der Waals surface area contributed by atoms with Gasteiger partial charge in [-0.1, -0.05) is 31.6 Å². The van der Waals surface area contributed by atoms with Crippen molar-refractivity contribution in [2.24, 2.45) is 11.3 Å². The molecule has 2 aliphatic rings. The largest absolute Gasteiger partial charge is 0.466 e. The molecule has 2 unspecified atom stereocenters. The van der Waals surface area contributed by atoms with Gasteiger partial charge in [-0.2, -0.15) is 0 Å². The van der Waals surface area contributed by atoms with Gasteiger partial charge in [0, 0.05) is 11.0 Å². The molecular weight excluding hydrogens is 188 g/mol. The minimum absolute atomic E-state index is 0.0713. The van der Waals surface area contributed by atoms with Crippen LogP contribution in [0.2, 0.25) is 0 Å². The monoisotopic (exact) mass is 206 g/mol. The highest BCUT2D eigenvalue weighted by atomic mass is 16.5. The van der Waals surface area contributed by atoms with Crippen LogP contribution in [0.3, 0.4) is 0 Å². The van der Waals surface area contributed by atoms with Crippen LogP contribution in [0.1, 0.15) is 32.6 Å². The Hall–Kier alpha value is -1.05. The van der Waals surface area contributed by atoms with Crippen LogP contribution in [0.4, 0.5) is 0 Å². The zero-order valence-corrected chi connectivity index (χ0v) is 9.45. The Labute approximate surface area is 91.0 Å². The van der Waals surface area contributed by atoms with Crippen LogP contribution < -0.4 is 0 Å². The summed E-state index contributed by atoms with van der Waals surface area (Å²) in [4.78, 5) is 11.7. The number of hydrogen-bond acceptors (Lipinski definition) is 2. The average Bonchev–Trinajstić information content (AvgIpc) is 2.61. The summed E-state index contributed by atoms with van der Waals surface area (Å²) in [5.74, 6) is 0.445. The van der Waals surface area contributed by atoms with Crippen molar-refractivity contribution in [1.82, 2.24) is 0 Å². The topological polar surface area (TPSA) is 26.3 Å². The number of esters is 1. The van der Waals surface area contributed by atoms with Gasteiger partial charge in [0.15, 0.2) is 0 Å². The molecule has 2 rings (SSSR count). The predicted molar refractivity (Wildman–Crippen MR) is 59.3 cm³/mol. The van der Waals surface area contributed by atoms with Crippen molar-refractivity contribution >= 4 is 5.97 Å². The van der Waals surface area contributed by atoms with Gasteiger partial charge in [-0.05, 0) is 25.2 Å². The molecule has 2 aliphatic carbocycles. The molecule has 0 radical (unpaired) electrons. The van der Waals surface area contributed by atoms with Gasteiger partial charge in [-0.25, -0.2) is 4.79 Å². The minimum Gasteiger partial charge on any atom is -0.466 e. The van der Waals surface area contributed by atoms with Crippen LogP contribution in [0, 0.1) is 11.3 Å². The van der Waals surface area contributed by atoms with E-state index in [9.17, 15) is 4.79 Å². The molecule has 0 aromatic heterocycles. The van der Waals surface area contributed by atoms with Crippen LogP contribution >= 0.6 is 0 Å². The zero-order valence-electron chi connectivity index (χ0n) is 9.45. The van der Waals surface area contributed by atoms with E-state index in [2.05, 4.69) is 13.0 Å². The lowest BCUT2D eigenvalue weighted by Crippen LogP contribution is -2.31. The van der Waals surface area contributed by atoms with E-state index < -0.39 is 0 Å². The molecule has 0 saturated heterocycles. The maximum Gasteiger partial charge on any atom is 0.334 e. The van der Waals surface area contributed by atoms with Crippen LogP contribution in [-0.4, -0.2) is 13.1 Å². The quantitative estimate of drug-likeness (QED) is 0.617. The number of allylic oxidation sites excluding steroid dienone is 3. The summed E-state index contributed by atoms with van der Waals surface area (Å²) in [5.41, 5.74) is 0.958. The SMILES string of the molecule is COC(=O)C1=CC=CCC12CCCC2C. The fourth-order valence-electron chi connectivity index (χ4n) is 3.05. The molecule has 2 atom stereocenters. The third-order valence-corrected chi connectivity index (χ3v) is 4.03. The van der Waals surface area contributed by atoms with Crippen LogP contribution in [0.25, 0.3) is 0 Å². The smallest absolute Gasteiger partial charge is 0.334 e. The first kappa shape index (κ1) is 10.5. The Balaban J connectivity index is 2.35. The van der Waals surface area contributed by atoms with Crippen LogP contribution in [0.15, 0.2) is 23.8 Å². The second-order valence-corrected chi connectivity index (χ2v) is 4.65. The summed E-state index contributed by atoms with van der Waals surface area (Å²) in [7, 11) is 1.47. The van der Waals surface area contributed by atoms with Gasteiger partial charge in [0.25, 0.3) is 0 Å². The molecular formula is C13H18O2. The van der Waals surface area contributed by atoms with Gasteiger partial charge in [-0.15, -0.1) is 0 Å². The van der Waals surface area contributed by atoms with E-state index in [1.807, 2.05) is 12.2 Å². The van der Waals surface area contributed by atoms with Crippen molar-refractivity contribution in [1.29, 1.82) is 0 Å². The summed E-state index contributed by atoms with van der Waals surface area (Å²) in [6.07, 6.45) is 10.7. The summed E-state index contributed by atoms with van der Waals surface area (Å²) in [5, 5.41) is 0. The van der Waals surface area contributed by atoms with Crippen molar-refractivity contribution in [3.63, 3.8) is 0 Å². The Morgan fingerprint density at radius 2 is 2.40 bits per heavy atom. The van der Waals surface area contributed by atoms with Crippen LogP contribution in [0.5, 0.6) is 0 Å². The Bertz CT molecular complexity index is 327. The molecule has 15 heavy (non-hydrogen) atoms. The minimum atomic E-state index is -0.145. The lowest BCUT2D eigenvalue weighted by Gasteiger charge is -2.35. The Morgan fingerprint density at radius 3 is 3.00 bits per heavy atom. The fourth-order valence-corrected chi connectivity index (χ4v) is 3.05. The first-order valence-electron chi connectivity index (χ1n) is 5.66. The molecule has 0 N–H and O–H groups in total. The van der Waals surface area contributed by atoms with Crippen molar-refractivity contribution in [2.45, 2.75) is 32.6 Å². The molecule has 2 nitrogen and oxygen atoms in total. The molecule has 1 spiro atoms. The Morgan fingerprint density at radius 1 is 1.60 bits per heavy atom. The van der Waals surface area contributed by atoms with Crippen molar-refractivity contribution in [3.8, 4) is 0 Å². The van der Waals surface area contributed by atoms with Gasteiger partial charge >= 0.3 is 5.97 Å². The molecule has 2 heteroatoms. The third kappa shape index (κ3) is 1.52. The van der Waals surface area contributed by atoms with Gasteiger partial charge < -0.3 is 4.74 Å². The molecule has 0 aromatic rings. The van der Waals surface area contributed by atoms with Crippen molar-refractivity contribution in [2.75, 3.05) is 7.11 Å². The molecule has 82 valence electrons. The third-order valence-electron chi connectivity index (χ3n) is 4.03. The first-order chi connectivity index (χ1) is 7.20.